The Morgan fingerprint density at radius 3 is 2.60 bits per heavy atom. The highest BCUT2D eigenvalue weighted by Crippen LogP contribution is 2.29. The van der Waals surface area contributed by atoms with Crippen LogP contribution < -0.4 is 4.72 Å². The minimum absolute atomic E-state index is 0.0756. The number of hydrogen-bond donors (Lipinski definition) is 1. The van der Waals surface area contributed by atoms with Gasteiger partial charge in [0.2, 0.25) is 0 Å². The van der Waals surface area contributed by atoms with Crippen molar-refractivity contribution >= 4 is 27.8 Å². The maximum absolute atomic E-state index is 12.3. The highest BCUT2D eigenvalue weighted by molar-refractivity contribution is 7.93. The molecular weight excluding hydrogens is 342 g/mol. The summed E-state index contributed by atoms with van der Waals surface area (Å²) in [4.78, 5) is 24.3. The highest BCUT2D eigenvalue weighted by atomic mass is 32.2. The van der Waals surface area contributed by atoms with Gasteiger partial charge in [-0.2, -0.15) is 0 Å². The van der Waals surface area contributed by atoms with E-state index in [1.54, 1.807) is 31.2 Å². The molecule has 0 fully saturated rings. The van der Waals surface area contributed by atoms with Crippen molar-refractivity contribution in [1.82, 2.24) is 4.72 Å². The van der Waals surface area contributed by atoms with E-state index in [9.17, 15) is 18.0 Å². The largest absolute Gasteiger partial charge is 0.455 e. The molecule has 0 spiro atoms. The van der Waals surface area contributed by atoms with E-state index in [2.05, 4.69) is 0 Å². The summed E-state index contributed by atoms with van der Waals surface area (Å²) in [6.07, 6.45) is 3.03. The molecule has 0 radical (unpaired) electrons. The third-order valence-electron chi connectivity index (χ3n) is 3.99. The van der Waals surface area contributed by atoms with E-state index in [4.69, 9.17) is 4.42 Å². The molecule has 25 heavy (non-hydrogen) atoms. The molecule has 6 nitrogen and oxygen atoms in total. The van der Waals surface area contributed by atoms with Crippen molar-refractivity contribution in [1.29, 1.82) is 0 Å². The van der Waals surface area contributed by atoms with Gasteiger partial charge in [-0.05, 0) is 25.0 Å². The molecule has 2 aromatic rings. The van der Waals surface area contributed by atoms with E-state index in [-0.39, 0.29) is 11.5 Å². The quantitative estimate of drug-likeness (QED) is 0.906. The molecule has 1 aromatic heterocycles. The summed E-state index contributed by atoms with van der Waals surface area (Å²) in [5.41, 5.74) is 1.49. The highest BCUT2D eigenvalue weighted by Gasteiger charge is 2.29. The van der Waals surface area contributed by atoms with E-state index in [0.29, 0.717) is 41.7 Å². The number of aryl methyl sites for hydroxylation is 1. The normalized spacial score (nSPS) is 14.5. The molecule has 0 saturated carbocycles. The number of Topliss-reactive ketones (excluding diaryl/α,β-unsaturated/α-hetero) is 1. The van der Waals surface area contributed by atoms with Gasteiger partial charge < -0.3 is 4.42 Å². The zero-order chi connectivity index (χ0) is 18.0. The van der Waals surface area contributed by atoms with Crippen LogP contribution in [-0.2, 0) is 16.4 Å². The number of furan rings is 1. The van der Waals surface area contributed by atoms with Crippen molar-refractivity contribution in [3.05, 3.63) is 64.0 Å². The van der Waals surface area contributed by atoms with Crippen LogP contribution in [-0.4, -0.2) is 20.1 Å². The van der Waals surface area contributed by atoms with E-state index in [0.717, 1.165) is 5.41 Å². The van der Waals surface area contributed by atoms with Crippen molar-refractivity contribution < 1.29 is 22.4 Å². The summed E-state index contributed by atoms with van der Waals surface area (Å²) in [6.45, 7) is 1.59. The number of ketones is 1. The van der Waals surface area contributed by atoms with Crippen LogP contribution in [0.15, 0.2) is 40.2 Å². The second-order valence-corrected chi connectivity index (χ2v) is 7.39. The summed E-state index contributed by atoms with van der Waals surface area (Å²) in [5, 5.41) is 0.920. The number of nitrogens with one attached hydrogen (secondary N) is 1. The van der Waals surface area contributed by atoms with Crippen LogP contribution in [0.4, 0.5) is 0 Å². The maximum Gasteiger partial charge on any atom is 0.300 e. The van der Waals surface area contributed by atoms with Crippen LogP contribution in [0.1, 0.15) is 50.6 Å². The van der Waals surface area contributed by atoms with Gasteiger partial charge in [0.25, 0.3) is 10.0 Å². The maximum atomic E-state index is 12.3. The lowest BCUT2D eigenvalue weighted by Crippen LogP contribution is -2.29. The average Bonchev–Trinajstić information content (AvgIpc) is 2.92. The molecule has 1 aliphatic carbocycles. The number of carbonyl (C=O) groups is 2. The fourth-order valence-electron chi connectivity index (χ4n) is 2.81. The number of carbonyl (C=O) groups excluding carboxylic acids is 2. The predicted octanol–water partition coefficient (Wildman–Crippen LogP) is 2.84. The number of sulfonamides is 1. The van der Waals surface area contributed by atoms with Crippen molar-refractivity contribution in [2.24, 2.45) is 0 Å². The van der Waals surface area contributed by atoms with Gasteiger partial charge in [0.1, 0.15) is 5.76 Å². The van der Waals surface area contributed by atoms with Gasteiger partial charge >= 0.3 is 5.91 Å². The second-order valence-electron chi connectivity index (χ2n) is 5.82. The fraction of sp³-hybridized carbons (Fsp3) is 0.222. The van der Waals surface area contributed by atoms with Crippen LogP contribution >= 0.6 is 0 Å². The molecule has 1 heterocycles. The Hall–Kier alpha value is -2.67. The molecule has 0 atom stereocenters. The first-order chi connectivity index (χ1) is 11.9. The van der Waals surface area contributed by atoms with Crippen LogP contribution in [0, 0.1) is 6.92 Å². The predicted molar refractivity (Wildman–Crippen MR) is 92.6 cm³/mol. The lowest BCUT2D eigenvalue weighted by atomic mass is 9.94. The summed E-state index contributed by atoms with van der Waals surface area (Å²) in [7, 11) is -3.98. The van der Waals surface area contributed by atoms with Gasteiger partial charge in [-0.25, -0.2) is 13.1 Å². The minimum atomic E-state index is -3.98. The first-order valence-corrected chi connectivity index (χ1v) is 9.38. The average molecular weight is 359 g/mol. The lowest BCUT2D eigenvalue weighted by Gasteiger charge is -2.07. The Labute approximate surface area is 145 Å². The second kappa shape index (κ2) is 6.68. The number of amides is 1. The van der Waals surface area contributed by atoms with Crippen LogP contribution in [0.25, 0.3) is 6.08 Å². The number of fused-ring (bicyclic) bond motifs is 1. The molecule has 3 rings (SSSR count). The molecule has 0 aliphatic heterocycles. The first-order valence-electron chi connectivity index (χ1n) is 7.83. The molecule has 7 heteroatoms. The molecule has 1 amide bonds. The standard InChI is InChI=1S/C18H17NO5S/c1-12-16-14(20)8-5-9-15(16)24-17(12)18(21)19-25(22,23)11-10-13-6-3-2-4-7-13/h2-4,6-7,10-11H,5,8-9H2,1H3,(H,19,21)/b11-10+. The third kappa shape index (κ3) is 3.71. The summed E-state index contributed by atoms with van der Waals surface area (Å²) < 4.78 is 31.6. The molecule has 0 saturated heterocycles. The molecule has 130 valence electrons. The fourth-order valence-corrected chi connectivity index (χ4v) is 3.56. The van der Waals surface area contributed by atoms with E-state index >= 15 is 0 Å². The zero-order valence-electron chi connectivity index (χ0n) is 13.6. The molecule has 0 bridgehead atoms. The summed E-state index contributed by atoms with van der Waals surface area (Å²) in [5.74, 6) is -0.626. The third-order valence-corrected chi connectivity index (χ3v) is 4.95. The topological polar surface area (TPSA) is 93.4 Å². The van der Waals surface area contributed by atoms with Crippen LogP contribution in [0.2, 0.25) is 0 Å². The van der Waals surface area contributed by atoms with Gasteiger partial charge in [0.15, 0.2) is 11.5 Å². The number of rotatable bonds is 4. The summed E-state index contributed by atoms with van der Waals surface area (Å²) >= 11 is 0. The Morgan fingerprint density at radius 2 is 1.92 bits per heavy atom. The number of benzene rings is 1. The molecular formula is C18H17NO5S. The molecule has 1 aliphatic rings. The smallest absolute Gasteiger partial charge is 0.300 e. The van der Waals surface area contributed by atoms with E-state index in [1.165, 1.54) is 6.08 Å². The van der Waals surface area contributed by atoms with Gasteiger partial charge in [-0.15, -0.1) is 0 Å². The van der Waals surface area contributed by atoms with Gasteiger partial charge in [0, 0.05) is 18.4 Å². The van der Waals surface area contributed by atoms with Crippen molar-refractivity contribution in [3.63, 3.8) is 0 Å². The van der Waals surface area contributed by atoms with Crippen molar-refractivity contribution in [2.45, 2.75) is 26.2 Å². The molecule has 1 aromatic carbocycles. The van der Waals surface area contributed by atoms with Crippen molar-refractivity contribution in [3.8, 4) is 0 Å². The van der Waals surface area contributed by atoms with Crippen molar-refractivity contribution in [2.75, 3.05) is 0 Å². The van der Waals surface area contributed by atoms with E-state index in [1.807, 2.05) is 10.8 Å². The van der Waals surface area contributed by atoms with Gasteiger partial charge in [-0.3, -0.25) is 9.59 Å². The Balaban J connectivity index is 1.80. The SMILES string of the molecule is Cc1c(C(=O)NS(=O)(=O)/C=C/c2ccccc2)oc2c1C(=O)CCC2. The molecule has 1 N–H and O–H groups in total. The monoisotopic (exact) mass is 359 g/mol. The van der Waals surface area contributed by atoms with Crippen LogP contribution in [0.5, 0.6) is 0 Å². The van der Waals surface area contributed by atoms with Gasteiger partial charge in [-0.1, -0.05) is 30.3 Å². The summed E-state index contributed by atoms with van der Waals surface area (Å²) in [6, 6.07) is 8.85. The minimum Gasteiger partial charge on any atom is -0.455 e. The Kier molecular flexibility index (Phi) is 4.59. The lowest BCUT2D eigenvalue weighted by molar-refractivity contribution is 0.0944. The zero-order valence-corrected chi connectivity index (χ0v) is 14.4. The van der Waals surface area contributed by atoms with Gasteiger partial charge in [0.05, 0.1) is 11.0 Å². The Morgan fingerprint density at radius 1 is 1.20 bits per heavy atom. The first kappa shape index (κ1) is 17.2. The van der Waals surface area contributed by atoms with E-state index < -0.39 is 15.9 Å². The number of hydrogen-bond acceptors (Lipinski definition) is 5. The Bertz CT molecular complexity index is 955. The molecule has 0 unspecified atom stereocenters. The van der Waals surface area contributed by atoms with Crippen LogP contribution in [0.3, 0.4) is 0 Å².